The van der Waals surface area contributed by atoms with Crippen molar-refractivity contribution < 1.29 is 9.66 Å². The van der Waals surface area contributed by atoms with Gasteiger partial charge in [0.25, 0.3) is 5.88 Å². The Kier molecular flexibility index (Phi) is 4.44. The van der Waals surface area contributed by atoms with Crippen LogP contribution in [0.3, 0.4) is 0 Å². The molecule has 0 amide bonds. The number of aromatic nitrogens is 3. The third-order valence-electron chi connectivity index (χ3n) is 2.00. The first-order valence-corrected chi connectivity index (χ1v) is 6.26. The van der Waals surface area contributed by atoms with Crippen molar-refractivity contribution in [3.8, 4) is 11.6 Å². The molecule has 2 aromatic rings. The number of halogens is 4. The number of nitrogens with zero attached hydrogens (tertiary/aromatic N) is 4. The molecule has 2 rings (SSSR count). The zero-order chi connectivity index (χ0) is 14.9. The first-order valence-electron chi connectivity index (χ1n) is 4.75. The molecule has 0 spiro atoms. The van der Waals surface area contributed by atoms with Crippen molar-refractivity contribution in [3.63, 3.8) is 0 Å². The predicted molar refractivity (Wildman–Crippen MR) is 73.0 cm³/mol. The van der Waals surface area contributed by atoms with Gasteiger partial charge in [-0.3, -0.25) is 10.1 Å². The van der Waals surface area contributed by atoms with E-state index in [9.17, 15) is 10.1 Å². The van der Waals surface area contributed by atoms with Gasteiger partial charge in [0.15, 0.2) is 0 Å². The molecular formula is C9H2Cl4N4O3. The first kappa shape index (κ1) is 15.0. The van der Waals surface area contributed by atoms with Crippen molar-refractivity contribution in [2.24, 2.45) is 0 Å². The van der Waals surface area contributed by atoms with Gasteiger partial charge < -0.3 is 4.74 Å². The van der Waals surface area contributed by atoms with Crippen LogP contribution in [0.1, 0.15) is 0 Å². The fraction of sp³-hybridized carbons (Fsp3) is 0. The second-order valence-electron chi connectivity index (χ2n) is 3.27. The summed E-state index contributed by atoms with van der Waals surface area (Å²) in [6.45, 7) is 0. The van der Waals surface area contributed by atoms with E-state index < -0.39 is 10.6 Å². The molecule has 0 aliphatic heterocycles. The van der Waals surface area contributed by atoms with E-state index in [1.54, 1.807) is 0 Å². The van der Waals surface area contributed by atoms with Crippen LogP contribution in [0.2, 0.25) is 20.5 Å². The number of nitro benzene ring substituents is 1. The van der Waals surface area contributed by atoms with Crippen LogP contribution in [0.4, 0.5) is 5.69 Å². The van der Waals surface area contributed by atoms with Crippen LogP contribution in [0, 0.1) is 10.1 Å². The van der Waals surface area contributed by atoms with Crippen LogP contribution < -0.4 is 4.74 Å². The molecule has 7 nitrogen and oxygen atoms in total. The molecule has 0 saturated carbocycles. The lowest BCUT2D eigenvalue weighted by Crippen LogP contribution is -1.98. The van der Waals surface area contributed by atoms with Gasteiger partial charge in [0.05, 0.1) is 15.0 Å². The van der Waals surface area contributed by atoms with Crippen molar-refractivity contribution in [1.82, 2.24) is 15.2 Å². The highest BCUT2D eigenvalue weighted by molar-refractivity contribution is 6.42. The number of nitro groups is 1. The Bertz CT molecular complexity index is 697. The van der Waals surface area contributed by atoms with E-state index in [-0.39, 0.29) is 32.1 Å². The zero-order valence-electron chi connectivity index (χ0n) is 9.18. The fourth-order valence-corrected chi connectivity index (χ4v) is 1.74. The Labute approximate surface area is 131 Å². The highest BCUT2D eigenvalue weighted by Gasteiger charge is 2.21. The van der Waals surface area contributed by atoms with Crippen molar-refractivity contribution >= 4 is 52.1 Å². The fourth-order valence-electron chi connectivity index (χ4n) is 1.19. The van der Waals surface area contributed by atoms with Crippen LogP contribution in [-0.2, 0) is 0 Å². The van der Waals surface area contributed by atoms with E-state index in [1.165, 1.54) is 0 Å². The zero-order valence-corrected chi connectivity index (χ0v) is 12.2. The third kappa shape index (κ3) is 3.18. The first-order chi connectivity index (χ1) is 9.38. The van der Waals surface area contributed by atoms with E-state index in [1.807, 2.05) is 0 Å². The van der Waals surface area contributed by atoms with Gasteiger partial charge in [0.1, 0.15) is 0 Å². The van der Waals surface area contributed by atoms with Crippen LogP contribution in [0.15, 0.2) is 12.1 Å². The molecule has 1 aromatic carbocycles. The summed E-state index contributed by atoms with van der Waals surface area (Å²) in [6.07, 6.45) is 0. The molecule has 11 heteroatoms. The molecule has 0 aliphatic carbocycles. The Hall–Kier alpha value is -1.41. The molecule has 0 radical (unpaired) electrons. The van der Waals surface area contributed by atoms with Gasteiger partial charge in [0, 0.05) is 12.1 Å². The summed E-state index contributed by atoms with van der Waals surface area (Å²) < 4.78 is 5.20. The van der Waals surface area contributed by atoms with E-state index in [4.69, 9.17) is 51.1 Å². The summed E-state index contributed by atoms with van der Waals surface area (Å²) in [4.78, 5) is 13.9. The number of rotatable bonds is 3. The number of ether oxygens (including phenoxy) is 1. The highest BCUT2D eigenvalue weighted by Crippen LogP contribution is 2.38. The van der Waals surface area contributed by atoms with Crippen LogP contribution in [-0.4, -0.2) is 20.1 Å². The lowest BCUT2D eigenvalue weighted by Gasteiger charge is -2.07. The van der Waals surface area contributed by atoms with E-state index >= 15 is 0 Å². The average molecular weight is 356 g/mol. The summed E-state index contributed by atoms with van der Waals surface area (Å²) in [6, 6.07) is 2.21. The molecule has 0 unspecified atom stereocenters. The second-order valence-corrected chi connectivity index (χ2v) is 4.78. The standard InChI is InChI=1S/C9H2Cl4N4O3/c10-3-1-5(17(18)19)6(2-4(3)11)20-8-7(12)15-16-9(13)14-8/h1-2H. The van der Waals surface area contributed by atoms with Crippen LogP contribution in [0.5, 0.6) is 11.6 Å². The Morgan fingerprint density at radius 1 is 1.10 bits per heavy atom. The minimum absolute atomic E-state index is 0.00987. The van der Waals surface area contributed by atoms with Crippen molar-refractivity contribution in [2.75, 3.05) is 0 Å². The number of hydrogen-bond acceptors (Lipinski definition) is 6. The summed E-state index contributed by atoms with van der Waals surface area (Å²) in [5.41, 5.74) is -0.412. The van der Waals surface area contributed by atoms with Gasteiger partial charge in [0.2, 0.25) is 16.2 Å². The highest BCUT2D eigenvalue weighted by atomic mass is 35.5. The topological polar surface area (TPSA) is 91.0 Å². The molecule has 20 heavy (non-hydrogen) atoms. The average Bonchev–Trinajstić information content (AvgIpc) is 2.37. The molecule has 0 atom stereocenters. The van der Waals surface area contributed by atoms with Gasteiger partial charge in [-0.2, -0.15) is 4.98 Å². The third-order valence-corrected chi connectivity index (χ3v) is 3.12. The minimum atomic E-state index is -0.693. The molecular weight excluding hydrogens is 354 g/mol. The molecule has 1 heterocycles. The molecule has 0 N–H and O–H groups in total. The number of hydrogen-bond donors (Lipinski definition) is 0. The summed E-state index contributed by atoms with van der Waals surface area (Å²) in [7, 11) is 0. The van der Waals surface area contributed by atoms with E-state index in [0.29, 0.717) is 0 Å². The van der Waals surface area contributed by atoms with E-state index in [2.05, 4.69) is 15.2 Å². The van der Waals surface area contributed by atoms with Gasteiger partial charge in [-0.25, -0.2) is 0 Å². The SMILES string of the molecule is O=[N+]([O-])c1cc(Cl)c(Cl)cc1Oc1nc(Cl)nnc1Cl. The second kappa shape index (κ2) is 5.92. The van der Waals surface area contributed by atoms with Crippen LogP contribution >= 0.6 is 46.4 Å². The van der Waals surface area contributed by atoms with Gasteiger partial charge in [-0.1, -0.05) is 34.8 Å². The van der Waals surface area contributed by atoms with Crippen molar-refractivity contribution in [1.29, 1.82) is 0 Å². The van der Waals surface area contributed by atoms with Crippen molar-refractivity contribution in [3.05, 3.63) is 42.7 Å². The molecule has 104 valence electrons. The largest absolute Gasteiger partial charge is 0.429 e. The minimum Gasteiger partial charge on any atom is -0.429 e. The van der Waals surface area contributed by atoms with Gasteiger partial charge >= 0.3 is 5.69 Å². The Balaban J connectivity index is 2.50. The molecule has 0 bridgehead atoms. The smallest absolute Gasteiger partial charge is 0.313 e. The Morgan fingerprint density at radius 3 is 2.40 bits per heavy atom. The summed E-state index contributed by atoms with van der Waals surface area (Å²) >= 11 is 22.7. The lowest BCUT2D eigenvalue weighted by atomic mass is 10.3. The molecule has 0 saturated heterocycles. The summed E-state index contributed by atoms with van der Waals surface area (Å²) in [5.74, 6) is -0.448. The van der Waals surface area contributed by atoms with Crippen LogP contribution in [0.25, 0.3) is 0 Å². The Morgan fingerprint density at radius 2 is 1.75 bits per heavy atom. The quantitative estimate of drug-likeness (QED) is 0.605. The maximum absolute atomic E-state index is 10.9. The molecule has 1 aromatic heterocycles. The monoisotopic (exact) mass is 354 g/mol. The molecule has 0 fully saturated rings. The van der Waals surface area contributed by atoms with Crippen molar-refractivity contribution in [2.45, 2.75) is 0 Å². The molecule has 0 aliphatic rings. The number of benzene rings is 1. The van der Waals surface area contributed by atoms with E-state index in [0.717, 1.165) is 12.1 Å². The van der Waals surface area contributed by atoms with Gasteiger partial charge in [-0.05, 0) is 11.6 Å². The summed E-state index contributed by atoms with van der Waals surface area (Å²) in [5, 5.41) is 17.4. The maximum atomic E-state index is 10.9. The lowest BCUT2D eigenvalue weighted by molar-refractivity contribution is -0.385. The maximum Gasteiger partial charge on any atom is 0.313 e. The van der Waals surface area contributed by atoms with Gasteiger partial charge in [-0.15, -0.1) is 10.2 Å². The normalized spacial score (nSPS) is 10.4. The predicted octanol–water partition coefficient (Wildman–Crippen LogP) is 4.19.